The molecule has 10 heteroatoms. The van der Waals surface area contributed by atoms with E-state index in [1.54, 1.807) is 24.0 Å². The van der Waals surface area contributed by atoms with Crippen molar-refractivity contribution in [2.24, 2.45) is 5.92 Å². The predicted octanol–water partition coefficient (Wildman–Crippen LogP) is 4.74. The number of ether oxygens (including phenoxy) is 2. The van der Waals surface area contributed by atoms with Crippen molar-refractivity contribution < 1.29 is 29.0 Å². The molecule has 258 valence electrons. The van der Waals surface area contributed by atoms with Gasteiger partial charge >= 0.3 is 0 Å². The molecule has 0 aromatic heterocycles. The Labute approximate surface area is 289 Å². The first kappa shape index (κ1) is 33.5. The number of aliphatic hydroxyl groups excluding tert-OH is 1. The van der Waals surface area contributed by atoms with Gasteiger partial charge in [-0.15, -0.1) is 0 Å². The van der Waals surface area contributed by atoms with Crippen LogP contribution in [0.5, 0.6) is 5.75 Å². The summed E-state index contributed by atoms with van der Waals surface area (Å²) in [6.07, 6.45) is 2.47. The lowest BCUT2D eigenvalue weighted by Gasteiger charge is -2.39. The van der Waals surface area contributed by atoms with E-state index in [4.69, 9.17) is 9.47 Å². The number of nitrogens with zero attached hydrogens (tertiary/aromatic N) is 3. The number of piperidine rings is 1. The van der Waals surface area contributed by atoms with Crippen LogP contribution in [0.4, 0.5) is 11.4 Å². The molecule has 1 spiro atoms. The molecule has 4 heterocycles. The number of anilines is 2. The normalized spacial score (nSPS) is 26.7. The van der Waals surface area contributed by atoms with Crippen molar-refractivity contribution in [1.82, 2.24) is 4.90 Å². The monoisotopic (exact) mass is 681 g/mol. The number of aliphatic hydroxyl groups is 1. The van der Waals surface area contributed by atoms with Crippen molar-refractivity contribution in [2.45, 2.75) is 82.0 Å². The minimum Gasteiger partial charge on any atom is -0.497 e. The molecule has 0 aliphatic carbocycles. The SMILES string of the molecule is COc1ccc([Si](C)(C)[C@@H]2[C@@H](CC(=O)N3Cc4ccccc4C[C@H]3CO)O[C@]3(C(=O)N(C)c4ccc(N5CCCCC5=O)cc43)[C@H]2C)cc1. The molecule has 1 N–H and O–H groups in total. The highest BCUT2D eigenvalue weighted by Gasteiger charge is 2.66. The van der Waals surface area contributed by atoms with Crippen LogP contribution in [0.3, 0.4) is 0 Å². The van der Waals surface area contributed by atoms with E-state index in [-0.39, 0.29) is 48.3 Å². The Balaban J connectivity index is 1.30. The van der Waals surface area contributed by atoms with Gasteiger partial charge in [0.1, 0.15) is 5.75 Å². The lowest BCUT2D eigenvalue weighted by molar-refractivity contribution is -0.150. The second-order valence-corrected chi connectivity index (χ2v) is 19.4. The number of hydrogen-bond donors (Lipinski definition) is 1. The summed E-state index contributed by atoms with van der Waals surface area (Å²) < 4.78 is 12.6. The Hall–Kier alpha value is -3.99. The second kappa shape index (κ2) is 12.7. The summed E-state index contributed by atoms with van der Waals surface area (Å²) in [4.78, 5) is 47.3. The van der Waals surface area contributed by atoms with Crippen LogP contribution in [-0.4, -0.2) is 75.3 Å². The summed E-state index contributed by atoms with van der Waals surface area (Å²) in [6, 6.07) is 21.8. The van der Waals surface area contributed by atoms with Gasteiger partial charge in [-0.3, -0.25) is 14.4 Å². The molecule has 4 aliphatic rings. The van der Waals surface area contributed by atoms with Crippen LogP contribution >= 0.6 is 0 Å². The van der Waals surface area contributed by atoms with E-state index in [9.17, 15) is 19.5 Å². The summed E-state index contributed by atoms with van der Waals surface area (Å²) in [6.45, 7) is 7.66. The predicted molar refractivity (Wildman–Crippen MR) is 192 cm³/mol. The zero-order valence-corrected chi connectivity index (χ0v) is 30.1. The van der Waals surface area contributed by atoms with Crippen LogP contribution in [0.25, 0.3) is 0 Å². The summed E-state index contributed by atoms with van der Waals surface area (Å²) >= 11 is 0. The summed E-state index contributed by atoms with van der Waals surface area (Å²) in [7, 11) is 0.972. The Morgan fingerprint density at radius 2 is 1.78 bits per heavy atom. The average Bonchev–Trinajstić information content (AvgIpc) is 3.53. The van der Waals surface area contributed by atoms with Crippen LogP contribution in [0.2, 0.25) is 18.6 Å². The molecular weight excluding hydrogens is 635 g/mol. The molecule has 3 aromatic rings. The van der Waals surface area contributed by atoms with E-state index in [1.807, 2.05) is 53.4 Å². The first-order chi connectivity index (χ1) is 23.5. The van der Waals surface area contributed by atoms with Crippen LogP contribution in [0.1, 0.15) is 49.3 Å². The van der Waals surface area contributed by atoms with Gasteiger partial charge in [0.2, 0.25) is 11.8 Å². The van der Waals surface area contributed by atoms with Crippen LogP contribution in [0, 0.1) is 5.92 Å². The fraction of sp³-hybridized carbons (Fsp3) is 0.462. The molecule has 5 atom stereocenters. The Kier molecular flexibility index (Phi) is 8.69. The molecule has 7 rings (SSSR count). The van der Waals surface area contributed by atoms with Crippen molar-refractivity contribution >= 4 is 42.4 Å². The summed E-state index contributed by atoms with van der Waals surface area (Å²) in [5.74, 6) is 0.368. The van der Waals surface area contributed by atoms with E-state index in [0.29, 0.717) is 25.9 Å². The van der Waals surface area contributed by atoms with E-state index in [1.165, 1.54) is 5.19 Å². The number of likely N-dealkylation sites (N-methyl/N-ethyl adjacent to an activating group) is 1. The molecule has 2 fully saturated rings. The van der Waals surface area contributed by atoms with Gasteiger partial charge in [-0.1, -0.05) is 61.6 Å². The van der Waals surface area contributed by atoms with Gasteiger partial charge in [0.15, 0.2) is 5.60 Å². The van der Waals surface area contributed by atoms with E-state index >= 15 is 0 Å². The van der Waals surface area contributed by atoms with Gasteiger partial charge in [0.25, 0.3) is 5.91 Å². The number of methoxy groups -OCH3 is 1. The van der Waals surface area contributed by atoms with Gasteiger partial charge in [-0.25, -0.2) is 0 Å². The number of carbonyl (C=O) groups is 3. The number of carbonyl (C=O) groups excluding carboxylic acids is 3. The lowest BCUT2D eigenvalue weighted by Crippen LogP contribution is -2.52. The minimum atomic E-state index is -2.47. The fourth-order valence-electron chi connectivity index (χ4n) is 9.19. The lowest BCUT2D eigenvalue weighted by atomic mass is 9.82. The quantitative estimate of drug-likeness (QED) is 0.362. The van der Waals surface area contributed by atoms with Crippen LogP contribution in [-0.2, 0) is 37.7 Å². The Morgan fingerprint density at radius 3 is 2.47 bits per heavy atom. The molecule has 0 radical (unpaired) electrons. The molecule has 0 saturated carbocycles. The third-order valence-corrected chi connectivity index (χ3v) is 16.2. The number of rotatable bonds is 7. The number of hydrogen-bond acceptors (Lipinski definition) is 6. The van der Waals surface area contributed by atoms with Gasteiger partial charge in [0.05, 0.1) is 46.0 Å². The van der Waals surface area contributed by atoms with Gasteiger partial charge in [-0.2, -0.15) is 0 Å². The molecule has 0 unspecified atom stereocenters. The van der Waals surface area contributed by atoms with E-state index in [0.717, 1.165) is 46.7 Å². The minimum absolute atomic E-state index is 0.0842. The zero-order chi connectivity index (χ0) is 34.7. The first-order valence-electron chi connectivity index (χ1n) is 17.5. The van der Waals surface area contributed by atoms with E-state index in [2.05, 4.69) is 38.2 Å². The van der Waals surface area contributed by atoms with Crippen LogP contribution in [0.15, 0.2) is 66.7 Å². The van der Waals surface area contributed by atoms with Gasteiger partial charge in [0, 0.05) is 43.7 Å². The summed E-state index contributed by atoms with van der Waals surface area (Å²) in [5, 5.41) is 11.6. The highest BCUT2D eigenvalue weighted by atomic mass is 28.3. The molecule has 2 saturated heterocycles. The van der Waals surface area contributed by atoms with Gasteiger partial charge in [-0.05, 0) is 66.3 Å². The average molecular weight is 682 g/mol. The van der Waals surface area contributed by atoms with Crippen molar-refractivity contribution in [3.63, 3.8) is 0 Å². The highest BCUT2D eigenvalue weighted by molar-refractivity contribution is 6.91. The van der Waals surface area contributed by atoms with Crippen molar-refractivity contribution in [2.75, 3.05) is 37.1 Å². The standard InChI is InChI=1S/C39H47N3O6Si/c1-25-37(49(4,5)31-16-14-30(47-3)15-17-31)34(22-36(45)42-23-27-11-7-6-10-26(27)20-29(42)24-43)48-39(25)32-21-28(41-19-9-8-12-35(41)44)13-18-33(32)40(2)38(39)46/h6-7,10-11,13-18,21,25,29,34,37,43H,8-9,12,19-20,22-24H2,1-5H3/t25-,29-,34+,37-,39+/m0/s1. The summed E-state index contributed by atoms with van der Waals surface area (Å²) in [5.41, 5.74) is 3.13. The van der Waals surface area contributed by atoms with E-state index < -0.39 is 19.8 Å². The van der Waals surface area contributed by atoms with Gasteiger partial charge < -0.3 is 29.3 Å². The van der Waals surface area contributed by atoms with Crippen molar-refractivity contribution in [3.8, 4) is 5.75 Å². The van der Waals surface area contributed by atoms with Crippen LogP contribution < -0.4 is 19.7 Å². The Morgan fingerprint density at radius 1 is 1.04 bits per heavy atom. The third kappa shape index (κ3) is 5.39. The van der Waals surface area contributed by atoms with Crippen molar-refractivity contribution in [3.05, 3.63) is 83.4 Å². The Bertz CT molecular complexity index is 1780. The maximum absolute atomic E-state index is 14.6. The molecular formula is C39H47N3O6Si. The fourth-order valence-corrected chi connectivity index (χ4v) is 13.2. The smallest absolute Gasteiger partial charge is 0.264 e. The maximum atomic E-state index is 14.6. The van der Waals surface area contributed by atoms with Crippen molar-refractivity contribution in [1.29, 1.82) is 0 Å². The largest absolute Gasteiger partial charge is 0.497 e. The molecule has 9 nitrogen and oxygen atoms in total. The molecule has 3 aromatic carbocycles. The molecule has 3 amide bonds. The first-order valence-corrected chi connectivity index (χ1v) is 20.6. The number of fused-ring (bicyclic) bond motifs is 3. The third-order valence-electron chi connectivity index (χ3n) is 11.8. The highest BCUT2D eigenvalue weighted by Crippen LogP contribution is 2.60. The number of benzene rings is 3. The molecule has 49 heavy (non-hydrogen) atoms. The topological polar surface area (TPSA) is 99.6 Å². The second-order valence-electron chi connectivity index (χ2n) is 14.8. The molecule has 0 bridgehead atoms. The zero-order valence-electron chi connectivity index (χ0n) is 29.1. The molecule has 4 aliphatic heterocycles. The maximum Gasteiger partial charge on any atom is 0.264 e. The number of amides is 3.